The van der Waals surface area contributed by atoms with Crippen molar-refractivity contribution in [2.75, 3.05) is 0 Å². The lowest BCUT2D eigenvalue weighted by molar-refractivity contribution is 1.27. The molecule has 8 aromatic carbocycles. The molecule has 0 aromatic heterocycles. The maximum absolute atomic E-state index is 2.40. The molecule has 0 amide bonds. The molecule has 0 aliphatic heterocycles. The van der Waals surface area contributed by atoms with Crippen molar-refractivity contribution in [2.45, 2.75) is 6.42 Å². The summed E-state index contributed by atoms with van der Waals surface area (Å²) in [5, 5.41) is 7.81. The first kappa shape index (κ1) is 24.2. The zero-order valence-corrected chi connectivity index (χ0v) is 23.7. The van der Waals surface area contributed by atoms with Crippen LogP contribution in [0.25, 0.3) is 76.8 Å². The monoisotopic (exact) mass is 544 g/mol. The summed E-state index contributed by atoms with van der Waals surface area (Å²) in [7, 11) is 0. The standard InChI is InChI=1S/C43H28/c1-2-11-30(12-3-1)41-36-14-6-8-16-38(36)42(39-17-9-7-15-37(39)41)31-21-18-28(19-22-31)32-23-24-33-26-34-25-20-29-10-4-5-13-35(29)43(34)40(33)27-32/h1-25,27H,26H2. The van der Waals surface area contributed by atoms with E-state index in [0.717, 1.165) is 6.42 Å². The van der Waals surface area contributed by atoms with Crippen molar-refractivity contribution in [1.29, 1.82) is 0 Å². The quantitative estimate of drug-likeness (QED) is 0.194. The van der Waals surface area contributed by atoms with Crippen molar-refractivity contribution in [1.82, 2.24) is 0 Å². The van der Waals surface area contributed by atoms with E-state index < -0.39 is 0 Å². The fourth-order valence-electron chi connectivity index (χ4n) is 7.31. The second kappa shape index (κ2) is 9.54. The van der Waals surface area contributed by atoms with Crippen LogP contribution in [0.15, 0.2) is 158 Å². The topological polar surface area (TPSA) is 0 Å². The number of rotatable bonds is 3. The molecule has 0 heteroatoms. The van der Waals surface area contributed by atoms with Crippen LogP contribution in [0.5, 0.6) is 0 Å². The molecule has 1 aliphatic carbocycles. The fourth-order valence-corrected chi connectivity index (χ4v) is 7.31. The second-order valence-electron chi connectivity index (χ2n) is 11.7. The van der Waals surface area contributed by atoms with Gasteiger partial charge in [0.05, 0.1) is 0 Å². The number of benzene rings is 8. The number of fused-ring (bicyclic) bond motifs is 7. The highest BCUT2D eigenvalue weighted by Gasteiger charge is 2.21. The Bertz CT molecular complexity index is 2280. The minimum atomic E-state index is 1.01. The average Bonchev–Trinajstić information content (AvgIpc) is 3.46. The Balaban J connectivity index is 1.19. The Morgan fingerprint density at radius 3 is 1.44 bits per heavy atom. The van der Waals surface area contributed by atoms with Crippen LogP contribution in [-0.2, 0) is 6.42 Å². The average molecular weight is 545 g/mol. The fraction of sp³-hybridized carbons (Fsp3) is 0.0233. The first-order chi connectivity index (χ1) is 21.3. The Morgan fingerprint density at radius 2 is 0.791 bits per heavy atom. The lowest BCUT2D eigenvalue weighted by Crippen LogP contribution is -1.91. The highest BCUT2D eigenvalue weighted by atomic mass is 14.2. The van der Waals surface area contributed by atoms with E-state index in [1.807, 2.05) is 0 Å². The van der Waals surface area contributed by atoms with E-state index >= 15 is 0 Å². The normalized spacial score (nSPS) is 12.1. The van der Waals surface area contributed by atoms with Crippen LogP contribution in [0.1, 0.15) is 11.1 Å². The third-order valence-corrected chi connectivity index (χ3v) is 9.28. The molecule has 0 bridgehead atoms. The molecule has 0 atom stereocenters. The predicted molar refractivity (Wildman–Crippen MR) is 184 cm³/mol. The van der Waals surface area contributed by atoms with Crippen molar-refractivity contribution in [2.24, 2.45) is 0 Å². The van der Waals surface area contributed by atoms with E-state index in [4.69, 9.17) is 0 Å². The minimum Gasteiger partial charge on any atom is -0.0622 e. The van der Waals surface area contributed by atoms with Gasteiger partial charge in [-0.3, -0.25) is 0 Å². The van der Waals surface area contributed by atoms with Crippen LogP contribution >= 0.6 is 0 Å². The summed E-state index contributed by atoms with van der Waals surface area (Å²) >= 11 is 0. The molecule has 0 heterocycles. The molecule has 0 radical (unpaired) electrons. The van der Waals surface area contributed by atoms with Crippen LogP contribution < -0.4 is 0 Å². The van der Waals surface area contributed by atoms with Crippen LogP contribution in [0.2, 0.25) is 0 Å². The summed E-state index contributed by atoms with van der Waals surface area (Å²) in [5.74, 6) is 0. The highest BCUT2D eigenvalue weighted by molar-refractivity contribution is 6.21. The van der Waals surface area contributed by atoms with Gasteiger partial charge in [0.25, 0.3) is 0 Å². The van der Waals surface area contributed by atoms with Crippen molar-refractivity contribution in [3.8, 4) is 44.5 Å². The maximum atomic E-state index is 2.40. The molecule has 9 rings (SSSR count). The number of hydrogen-bond acceptors (Lipinski definition) is 0. The zero-order chi connectivity index (χ0) is 28.3. The van der Waals surface area contributed by atoms with E-state index in [9.17, 15) is 0 Å². The Morgan fingerprint density at radius 1 is 0.302 bits per heavy atom. The van der Waals surface area contributed by atoms with Crippen LogP contribution in [0.3, 0.4) is 0 Å². The molecular weight excluding hydrogens is 516 g/mol. The minimum absolute atomic E-state index is 1.01. The summed E-state index contributed by atoms with van der Waals surface area (Å²) in [6.45, 7) is 0. The maximum Gasteiger partial charge on any atom is -0.00132 e. The summed E-state index contributed by atoms with van der Waals surface area (Å²) in [5.41, 5.74) is 13.2. The Hall–Kier alpha value is -5.46. The molecule has 1 aliphatic rings. The predicted octanol–water partition coefficient (Wildman–Crippen LogP) is 11.7. The van der Waals surface area contributed by atoms with Crippen molar-refractivity contribution in [3.05, 3.63) is 169 Å². The third kappa shape index (κ3) is 3.77. The van der Waals surface area contributed by atoms with Gasteiger partial charge in [-0.1, -0.05) is 152 Å². The molecular formula is C43H28. The van der Waals surface area contributed by atoms with Crippen molar-refractivity contribution >= 4 is 32.3 Å². The molecule has 0 saturated heterocycles. The summed E-state index contributed by atoms with van der Waals surface area (Å²) in [6, 6.07) is 58.1. The highest BCUT2D eigenvalue weighted by Crippen LogP contribution is 2.45. The van der Waals surface area contributed by atoms with Crippen LogP contribution in [0, 0.1) is 0 Å². The van der Waals surface area contributed by atoms with Crippen molar-refractivity contribution in [3.63, 3.8) is 0 Å². The molecule has 0 unspecified atom stereocenters. The van der Waals surface area contributed by atoms with Gasteiger partial charge in [0.2, 0.25) is 0 Å². The van der Waals surface area contributed by atoms with Gasteiger partial charge in [-0.15, -0.1) is 0 Å². The Labute approximate surface area is 251 Å². The molecule has 0 N–H and O–H groups in total. The summed E-state index contributed by atoms with van der Waals surface area (Å²) in [4.78, 5) is 0. The smallest absolute Gasteiger partial charge is 0.00132 e. The van der Waals surface area contributed by atoms with E-state index in [1.54, 1.807) is 0 Å². The molecule has 0 saturated carbocycles. The van der Waals surface area contributed by atoms with E-state index in [0.29, 0.717) is 0 Å². The zero-order valence-electron chi connectivity index (χ0n) is 23.7. The molecule has 0 fully saturated rings. The van der Waals surface area contributed by atoms with Gasteiger partial charge in [0.1, 0.15) is 0 Å². The largest absolute Gasteiger partial charge is 0.0622 e. The van der Waals surface area contributed by atoms with Crippen molar-refractivity contribution < 1.29 is 0 Å². The van der Waals surface area contributed by atoms with Gasteiger partial charge in [-0.05, 0) is 100 Å². The van der Waals surface area contributed by atoms with Gasteiger partial charge in [-0.2, -0.15) is 0 Å². The second-order valence-corrected chi connectivity index (χ2v) is 11.7. The summed E-state index contributed by atoms with van der Waals surface area (Å²) < 4.78 is 0. The lowest BCUT2D eigenvalue weighted by atomic mass is 9.85. The summed E-state index contributed by atoms with van der Waals surface area (Å²) in [6.07, 6.45) is 1.01. The van der Waals surface area contributed by atoms with Gasteiger partial charge in [-0.25, -0.2) is 0 Å². The molecule has 43 heavy (non-hydrogen) atoms. The van der Waals surface area contributed by atoms with Crippen LogP contribution in [0.4, 0.5) is 0 Å². The first-order valence-electron chi connectivity index (χ1n) is 15.1. The Kier molecular flexibility index (Phi) is 5.36. The van der Waals surface area contributed by atoms with E-state index in [1.165, 1.54) is 88.0 Å². The van der Waals surface area contributed by atoms with Gasteiger partial charge in [0.15, 0.2) is 0 Å². The molecule has 0 nitrogen and oxygen atoms in total. The van der Waals surface area contributed by atoms with Crippen LogP contribution in [-0.4, -0.2) is 0 Å². The van der Waals surface area contributed by atoms with Gasteiger partial charge < -0.3 is 0 Å². The molecule has 8 aromatic rings. The van der Waals surface area contributed by atoms with Gasteiger partial charge in [0, 0.05) is 0 Å². The lowest BCUT2D eigenvalue weighted by Gasteiger charge is -2.18. The molecule has 0 spiro atoms. The SMILES string of the molecule is c1ccc(-c2c3ccccc3c(-c3ccc(-c4ccc5c(c4)-c4c(ccc6ccccc46)C5)cc3)c3ccccc23)cc1. The van der Waals surface area contributed by atoms with E-state index in [-0.39, 0.29) is 0 Å². The van der Waals surface area contributed by atoms with Gasteiger partial charge >= 0.3 is 0 Å². The number of hydrogen-bond donors (Lipinski definition) is 0. The van der Waals surface area contributed by atoms with E-state index in [2.05, 4.69) is 158 Å². The molecule has 200 valence electrons. The third-order valence-electron chi connectivity index (χ3n) is 9.28. The first-order valence-corrected chi connectivity index (χ1v) is 15.1.